The van der Waals surface area contributed by atoms with E-state index < -0.39 is 17.7 Å². The van der Waals surface area contributed by atoms with Crippen LogP contribution in [0.1, 0.15) is 18.4 Å². The van der Waals surface area contributed by atoms with Crippen molar-refractivity contribution in [1.82, 2.24) is 14.9 Å². The van der Waals surface area contributed by atoms with Gasteiger partial charge in [0.2, 0.25) is 11.4 Å². The van der Waals surface area contributed by atoms with Crippen molar-refractivity contribution in [3.8, 4) is 5.88 Å². The molecule has 5 rings (SSSR count). The van der Waals surface area contributed by atoms with Gasteiger partial charge in [0.05, 0.1) is 7.11 Å². The van der Waals surface area contributed by atoms with Gasteiger partial charge in [0.1, 0.15) is 17.0 Å². The Kier molecular flexibility index (Phi) is 5.41. The van der Waals surface area contributed by atoms with Crippen molar-refractivity contribution in [2.24, 2.45) is 5.73 Å². The second kappa shape index (κ2) is 8.38. The van der Waals surface area contributed by atoms with Crippen LogP contribution in [-0.2, 0) is 11.2 Å². The van der Waals surface area contributed by atoms with Crippen molar-refractivity contribution in [3.05, 3.63) is 36.2 Å². The quantitative estimate of drug-likeness (QED) is 0.701. The SMILES string of the molecule is COc1ncnc2c1N(C(N)=O)C(OC(=O)N1CCC(N3CCc4ccccc43)CC1)S2. The van der Waals surface area contributed by atoms with Crippen LogP contribution in [0.25, 0.3) is 0 Å². The third-order valence-electron chi connectivity index (χ3n) is 6.14. The lowest BCUT2D eigenvalue weighted by Crippen LogP contribution is -2.49. The number of ether oxygens (including phenoxy) is 2. The van der Waals surface area contributed by atoms with Crippen LogP contribution in [0.5, 0.6) is 5.88 Å². The Morgan fingerprint density at radius 3 is 2.69 bits per heavy atom. The van der Waals surface area contributed by atoms with E-state index in [9.17, 15) is 9.59 Å². The third-order valence-corrected chi connectivity index (χ3v) is 7.17. The standard InChI is InChI=1S/C21H24N6O4S/c1-30-17-16-18(24-12-23-17)32-21(27(16)19(22)28)31-20(29)25-9-7-14(8-10-25)26-11-6-13-4-2-3-5-15(13)26/h2-5,12,14,21H,6-11H2,1H3,(H2,22,28). The van der Waals surface area contributed by atoms with Gasteiger partial charge >= 0.3 is 12.1 Å². The molecule has 32 heavy (non-hydrogen) atoms. The number of para-hydroxylation sites is 1. The van der Waals surface area contributed by atoms with E-state index in [0.717, 1.165) is 42.5 Å². The second-order valence-corrected chi connectivity index (χ2v) is 8.87. The topological polar surface area (TPSA) is 114 Å². The Balaban J connectivity index is 1.23. The zero-order valence-electron chi connectivity index (χ0n) is 17.6. The van der Waals surface area contributed by atoms with Crippen LogP contribution in [0.4, 0.5) is 21.0 Å². The number of hydrogen-bond donors (Lipinski definition) is 1. The number of fused-ring (bicyclic) bond motifs is 2. The van der Waals surface area contributed by atoms with Gasteiger partial charge in [-0.1, -0.05) is 18.2 Å². The molecule has 1 fully saturated rings. The Morgan fingerprint density at radius 2 is 1.94 bits per heavy atom. The maximum Gasteiger partial charge on any atom is 0.412 e. The molecule has 10 nitrogen and oxygen atoms in total. The summed E-state index contributed by atoms with van der Waals surface area (Å²) < 4.78 is 10.9. The molecule has 1 saturated heterocycles. The molecule has 0 spiro atoms. The molecule has 0 aliphatic carbocycles. The average Bonchev–Trinajstić information content (AvgIpc) is 3.40. The number of thioether (sulfide) groups is 1. The van der Waals surface area contributed by atoms with Crippen LogP contribution < -0.4 is 20.3 Å². The summed E-state index contributed by atoms with van der Waals surface area (Å²) in [4.78, 5) is 38.5. The molecular weight excluding hydrogens is 432 g/mol. The normalized spacial score (nSPS) is 20.2. The molecule has 3 aliphatic heterocycles. The predicted molar refractivity (Wildman–Crippen MR) is 119 cm³/mol. The van der Waals surface area contributed by atoms with Crippen molar-refractivity contribution in [2.75, 3.05) is 36.5 Å². The molecule has 0 saturated carbocycles. The fraction of sp³-hybridized carbons (Fsp3) is 0.429. The molecule has 0 radical (unpaired) electrons. The first-order chi connectivity index (χ1) is 15.6. The van der Waals surface area contributed by atoms with Crippen LogP contribution in [0, 0.1) is 0 Å². The minimum atomic E-state index is -0.955. The van der Waals surface area contributed by atoms with Crippen molar-refractivity contribution in [1.29, 1.82) is 0 Å². The number of carbonyl (C=O) groups is 2. The summed E-state index contributed by atoms with van der Waals surface area (Å²) in [5.41, 5.74) is 7.61. The van der Waals surface area contributed by atoms with Crippen molar-refractivity contribution in [2.45, 2.75) is 35.9 Å². The molecule has 2 aromatic rings. The van der Waals surface area contributed by atoms with Crippen LogP contribution in [-0.4, -0.2) is 65.3 Å². The van der Waals surface area contributed by atoms with E-state index in [0.29, 0.717) is 29.8 Å². The number of rotatable bonds is 3. The zero-order chi connectivity index (χ0) is 22.2. The lowest BCUT2D eigenvalue weighted by atomic mass is 10.0. The summed E-state index contributed by atoms with van der Waals surface area (Å²) in [5.74, 6) is 0.201. The first-order valence-electron chi connectivity index (χ1n) is 10.5. The highest BCUT2D eigenvalue weighted by Gasteiger charge is 2.42. The second-order valence-electron chi connectivity index (χ2n) is 7.84. The van der Waals surface area contributed by atoms with Gasteiger partial charge in [-0.2, -0.15) is 4.98 Å². The number of urea groups is 1. The summed E-state index contributed by atoms with van der Waals surface area (Å²) in [6, 6.07) is 8.14. The largest absolute Gasteiger partial charge is 0.479 e. The number of likely N-dealkylation sites (tertiary alicyclic amines) is 1. The number of primary amides is 1. The number of nitrogens with zero attached hydrogens (tertiary/aromatic N) is 5. The monoisotopic (exact) mass is 456 g/mol. The van der Waals surface area contributed by atoms with Crippen LogP contribution in [0.2, 0.25) is 0 Å². The van der Waals surface area contributed by atoms with Gasteiger partial charge in [-0.3, -0.25) is 0 Å². The fourth-order valence-corrected chi connectivity index (χ4v) is 5.64. The number of anilines is 2. The van der Waals surface area contributed by atoms with Gasteiger partial charge in [-0.25, -0.2) is 19.5 Å². The summed E-state index contributed by atoms with van der Waals surface area (Å²) in [5, 5.41) is 0.472. The van der Waals surface area contributed by atoms with Crippen LogP contribution >= 0.6 is 11.8 Å². The first kappa shape index (κ1) is 20.7. The number of nitrogens with two attached hydrogens (primary N) is 1. The predicted octanol–water partition coefficient (Wildman–Crippen LogP) is 2.42. The minimum absolute atomic E-state index is 0.201. The molecular formula is C21H24N6O4S. The molecule has 11 heteroatoms. The smallest absolute Gasteiger partial charge is 0.412 e. The molecule has 3 aliphatic rings. The number of amides is 3. The lowest BCUT2D eigenvalue weighted by molar-refractivity contribution is 0.0853. The summed E-state index contributed by atoms with van der Waals surface area (Å²) in [6.07, 6.45) is 3.64. The Bertz CT molecular complexity index is 1040. The highest BCUT2D eigenvalue weighted by molar-refractivity contribution is 8.00. The Hall–Kier alpha value is -3.21. The van der Waals surface area contributed by atoms with Gasteiger partial charge in [-0.15, -0.1) is 0 Å². The summed E-state index contributed by atoms with van der Waals surface area (Å²) in [7, 11) is 1.44. The molecule has 1 atom stereocenters. The van der Waals surface area contributed by atoms with Gasteiger partial charge in [0.15, 0.2) is 0 Å². The van der Waals surface area contributed by atoms with Gasteiger partial charge in [-0.05, 0) is 42.7 Å². The van der Waals surface area contributed by atoms with E-state index in [4.69, 9.17) is 15.2 Å². The highest BCUT2D eigenvalue weighted by Crippen LogP contribution is 2.46. The number of hydrogen-bond acceptors (Lipinski definition) is 8. The Morgan fingerprint density at radius 1 is 1.16 bits per heavy atom. The van der Waals surface area contributed by atoms with E-state index in [1.54, 1.807) is 4.90 Å². The molecule has 4 heterocycles. The fourth-order valence-electron chi connectivity index (χ4n) is 4.60. The van der Waals surface area contributed by atoms with Crippen molar-refractivity contribution < 1.29 is 19.1 Å². The molecule has 1 aromatic heterocycles. The highest BCUT2D eigenvalue weighted by atomic mass is 32.2. The molecule has 1 unspecified atom stereocenters. The lowest BCUT2D eigenvalue weighted by Gasteiger charge is -2.38. The molecule has 2 N–H and O–H groups in total. The molecule has 0 bridgehead atoms. The van der Waals surface area contributed by atoms with E-state index in [1.807, 2.05) is 0 Å². The molecule has 3 amide bonds. The molecule has 1 aromatic carbocycles. The third kappa shape index (κ3) is 3.56. The van der Waals surface area contributed by atoms with Crippen LogP contribution in [0.3, 0.4) is 0 Å². The van der Waals surface area contributed by atoms with E-state index in [1.165, 1.54) is 24.7 Å². The number of aromatic nitrogens is 2. The van der Waals surface area contributed by atoms with Crippen molar-refractivity contribution >= 4 is 35.3 Å². The van der Waals surface area contributed by atoms with Gasteiger partial charge in [0.25, 0.3) is 0 Å². The zero-order valence-corrected chi connectivity index (χ0v) is 18.5. The summed E-state index contributed by atoms with van der Waals surface area (Å²) >= 11 is 1.12. The van der Waals surface area contributed by atoms with Crippen LogP contribution in [0.15, 0.2) is 35.6 Å². The number of benzene rings is 1. The maximum absolute atomic E-state index is 12.9. The maximum atomic E-state index is 12.9. The first-order valence-corrected chi connectivity index (χ1v) is 11.4. The average molecular weight is 457 g/mol. The van der Waals surface area contributed by atoms with E-state index in [2.05, 4.69) is 39.1 Å². The number of piperidine rings is 1. The number of carbonyl (C=O) groups excluding carboxylic acids is 2. The molecule has 168 valence electrons. The summed E-state index contributed by atoms with van der Waals surface area (Å²) in [6.45, 7) is 2.19. The van der Waals surface area contributed by atoms with Gasteiger partial charge < -0.3 is 25.0 Å². The van der Waals surface area contributed by atoms with E-state index >= 15 is 0 Å². The van der Waals surface area contributed by atoms with Crippen molar-refractivity contribution in [3.63, 3.8) is 0 Å². The van der Waals surface area contributed by atoms with E-state index in [-0.39, 0.29) is 5.88 Å². The van der Waals surface area contributed by atoms with Gasteiger partial charge in [0, 0.05) is 31.4 Å². The Labute approximate surface area is 189 Å². The number of methoxy groups -OCH3 is 1. The minimum Gasteiger partial charge on any atom is -0.479 e.